The van der Waals surface area contributed by atoms with Gasteiger partial charge in [-0.25, -0.2) is 14.4 Å². The number of carbonyl (C=O) groups excluding carboxylic acids is 4. The third-order valence-corrected chi connectivity index (χ3v) is 11.5. The highest BCUT2D eigenvalue weighted by Gasteiger charge is 2.85. The lowest BCUT2D eigenvalue weighted by molar-refractivity contribution is -0.296. The maximum Gasteiger partial charge on any atom is 0.348 e. The van der Waals surface area contributed by atoms with Crippen molar-refractivity contribution in [3.05, 3.63) is 23.0 Å². The van der Waals surface area contributed by atoms with Crippen molar-refractivity contribution in [1.82, 2.24) is 0 Å². The first kappa shape index (κ1) is 34.9. The third kappa shape index (κ3) is 4.57. The van der Waals surface area contributed by atoms with Gasteiger partial charge in [0.25, 0.3) is 0 Å². The van der Waals surface area contributed by atoms with Gasteiger partial charge in [-0.2, -0.15) is 0 Å². The minimum absolute atomic E-state index is 0.0357. The molecule has 2 bridgehead atoms. The standard InChI is InChI=1S/C32H42O16/c1-11(2)6-17(35)47-23-25-31-10-44-32(25,29(42)43-5)26(40)21(39)24(31)30(4)8-14(34)22(12(3)13(30)7-16(31)46-27(23)41)48-28-20(38)19(37)18(36)15(9-33)45-28/h6,13,15-16,18-21,23-26,28,33,36-40H,7-10H2,1-5H3/t13-,15+,16+,18+,19+,20+,21+,23+,24+,25+,26-,28-,30-,31+,32?/m0/s1. The molecule has 266 valence electrons. The summed E-state index contributed by atoms with van der Waals surface area (Å²) in [6.07, 6.45) is -13.7. The average Bonchev–Trinajstić information content (AvgIpc) is 3.33. The molecule has 0 radical (unpaired) electrons. The van der Waals surface area contributed by atoms with Crippen LogP contribution in [0.3, 0.4) is 0 Å². The predicted octanol–water partition coefficient (Wildman–Crippen LogP) is -2.22. The number of carbonyl (C=O) groups is 4. The van der Waals surface area contributed by atoms with Gasteiger partial charge in [0.2, 0.25) is 18.0 Å². The molecule has 2 saturated carbocycles. The van der Waals surface area contributed by atoms with E-state index in [0.29, 0.717) is 11.1 Å². The molecule has 0 aromatic rings. The van der Waals surface area contributed by atoms with Crippen molar-refractivity contribution in [3.63, 3.8) is 0 Å². The summed E-state index contributed by atoms with van der Waals surface area (Å²) in [5.41, 5.74) is -4.04. The zero-order valence-electron chi connectivity index (χ0n) is 27.1. The smallest absolute Gasteiger partial charge is 0.348 e. The van der Waals surface area contributed by atoms with Gasteiger partial charge in [0.1, 0.15) is 36.6 Å². The van der Waals surface area contributed by atoms with Gasteiger partial charge in [0.15, 0.2) is 11.5 Å². The molecule has 3 saturated heterocycles. The predicted molar refractivity (Wildman–Crippen MR) is 155 cm³/mol. The second-order valence-electron chi connectivity index (χ2n) is 14.3. The number of ether oxygens (including phenoxy) is 6. The number of fused-ring (bicyclic) bond motifs is 2. The maximum atomic E-state index is 13.9. The molecule has 0 aromatic heterocycles. The first-order valence-electron chi connectivity index (χ1n) is 15.9. The fraction of sp³-hybridized carbons (Fsp3) is 0.750. The number of aliphatic hydroxyl groups is 6. The molecule has 3 heterocycles. The lowest BCUT2D eigenvalue weighted by atomic mass is 9.38. The van der Waals surface area contributed by atoms with Crippen LogP contribution in [-0.2, 0) is 47.6 Å². The van der Waals surface area contributed by atoms with Crippen molar-refractivity contribution in [2.75, 3.05) is 20.3 Å². The summed E-state index contributed by atoms with van der Waals surface area (Å²) < 4.78 is 34.1. The van der Waals surface area contributed by atoms with Crippen LogP contribution in [0.4, 0.5) is 0 Å². The number of Topliss-reactive ketones (excluding diaryl/α,β-unsaturated/α-hetero) is 1. The number of hydrogen-bond donors (Lipinski definition) is 6. The van der Waals surface area contributed by atoms with Crippen LogP contribution < -0.4 is 0 Å². The van der Waals surface area contributed by atoms with Crippen LogP contribution in [0.2, 0.25) is 0 Å². The summed E-state index contributed by atoms with van der Waals surface area (Å²) >= 11 is 0. The minimum atomic E-state index is -2.32. The van der Waals surface area contributed by atoms with E-state index in [9.17, 15) is 49.8 Å². The molecule has 1 unspecified atom stereocenters. The van der Waals surface area contributed by atoms with Crippen molar-refractivity contribution in [1.29, 1.82) is 0 Å². The lowest BCUT2D eigenvalue weighted by Crippen LogP contribution is -2.79. The summed E-state index contributed by atoms with van der Waals surface area (Å²) in [5.74, 6) is -6.88. The highest BCUT2D eigenvalue weighted by molar-refractivity contribution is 5.96. The molecule has 0 amide bonds. The number of allylic oxidation sites excluding steroid dienone is 3. The van der Waals surface area contributed by atoms with Crippen LogP contribution in [0.5, 0.6) is 0 Å². The summed E-state index contributed by atoms with van der Waals surface area (Å²) in [5, 5.41) is 64.3. The van der Waals surface area contributed by atoms with E-state index in [-0.39, 0.29) is 25.2 Å². The normalized spacial score (nSPS) is 47.7. The molecule has 0 aromatic carbocycles. The molecular weight excluding hydrogens is 640 g/mol. The molecule has 15 atom stereocenters. The van der Waals surface area contributed by atoms with E-state index < -0.39 is 120 Å². The maximum absolute atomic E-state index is 13.9. The Kier molecular flexibility index (Phi) is 8.60. The van der Waals surface area contributed by atoms with Gasteiger partial charge < -0.3 is 59.1 Å². The number of esters is 3. The summed E-state index contributed by atoms with van der Waals surface area (Å²) in [7, 11) is 1.06. The lowest BCUT2D eigenvalue weighted by Gasteiger charge is -2.67. The molecule has 3 aliphatic heterocycles. The van der Waals surface area contributed by atoms with Gasteiger partial charge in [-0.3, -0.25) is 4.79 Å². The van der Waals surface area contributed by atoms with Crippen molar-refractivity contribution < 1.29 is 78.2 Å². The van der Waals surface area contributed by atoms with Gasteiger partial charge in [0.05, 0.1) is 32.3 Å². The SMILES string of the molecule is COC(=O)C12OC[C@]34[C@H]([C@@H](O)[C@@H]1O)[C@@]1(C)CC(=O)C(O[C@@H]5O[C@H](CO)[C@@H](O)[C@@H](O)[C@H]5O)=C(C)[C@@H]1C[C@H]3OC(=O)[C@H](OC(=O)C=C(C)C)[C@@H]24. The van der Waals surface area contributed by atoms with Crippen LogP contribution in [-0.4, -0.2) is 135 Å². The van der Waals surface area contributed by atoms with Crippen molar-refractivity contribution in [2.24, 2.45) is 28.6 Å². The molecule has 16 heteroatoms. The number of hydrogen-bond acceptors (Lipinski definition) is 16. The third-order valence-electron chi connectivity index (χ3n) is 11.5. The quantitative estimate of drug-likeness (QED) is 0.0987. The van der Waals surface area contributed by atoms with E-state index in [2.05, 4.69) is 0 Å². The number of aliphatic hydroxyl groups excluding tert-OH is 6. The van der Waals surface area contributed by atoms with Crippen molar-refractivity contribution in [2.45, 2.75) is 101 Å². The topological polar surface area (TPSA) is 245 Å². The van der Waals surface area contributed by atoms with Gasteiger partial charge >= 0.3 is 17.9 Å². The van der Waals surface area contributed by atoms with Gasteiger partial charge in [-0.05, 0) is 44.1 Å². The molecule has 48 heavy (non-hydrogen) atoms. The molecule has 6 N–H and O–H groups in total. The zero-order valence-corrected chi connectivity index (χ0v) is 27.1. The van der Waals surface area contributed by atoms with E-state index in [0.717, 1.165) is 13.2 Å². The van der Waals surface area contributed by atoms with Crippen LogP contribution >= 0.6 is 0 Å². The zero-order chi connectivity index (χ0) is 35.2. The molecule has 1 spiro atoms. The highest BCUT2D eigenvalue weighted by Crippen LogP contribution is 2.73. The number of rotatable bonds is 6. The van der Waals surface area contributed by atoms with E-state index >= 15 is 0 Å². The molecule has 5 fully saturated rings. The molecule has 6 aliphatic rings. The Hall–Kier alpha value is -2.96. The van der Waals surface area contributed by atoms with Gasteiger partial charge in [-0.1, -0.05) is 12.5 Å². The first-order valence-corrected chi connectivity index (χ1v) is 15.9. The first-order chi connectivity index (χ1) is 22.5. The van der Waals surface area contributed by atoms with Crippen LogP contribution in [0, 0.1) is 28.6 Å². The fourth-order valence-electron chi connectivity index (χ4n) is 9.68. The van der Waals surface area contributed by atoms with Crippen molar-refractivity contribution in [3.8, 4) is 0 Å². The van der Waals surface area contributed by atoms with E-state index in [1.807, 2.05) is 0 Å². The Morgan fingerprint density at radius 2 is 1.71 bits per heavy atom. The van der Waals surface area contributed by atoms with Gasteiger partial charge in [0, 0.05) is 23.8 Å². The Balaban J connectivity index is 1.45. The highest BCUT2D eigenvalue weighted by atomic mass is 16.7. The summed E-state index contributed by atoms with van der Waals surface area (Å²) in [6.45, 7) is 5.57. The summed E-state index contributed by atoms with van der Waals surface area (Å²) in [4.78, 5) is 54.0. The average molecular weight is 683 g/mol. The molecule has 16 nitrogen and oxygen atoms in total. The Morgan fingerprint density at radius 3 is 2.33 bits per heavy atom. The van der Waals surface area contributed by atoms with E-state index in [1.54, 1.807) is 27.7 Å². The van der Waals surface area contributed by atoms with Crippen LogP contribution in [0.25, 0.3) is 0 Å². The Labute approximate surface area is 275 Å². The van der Waals surface area contributed by atoms with Gasteiger partial charge in [-0.15, -0.1) is 0 Å². The minimum Gasteiger partial charge on any atom is -0.467 e. The van der Waals surface area contributed by atoms with Crippen LogP contribution in [0.1, 0.15) is 40.5 Å². The van der Waals surface area contributed by atoms with E-state index in [4.69, 9.17) is 28.4 Å². The molecule has 6 rings (SSSR count). The second kappa shape index (κ2) is 11.8. The van der Waals surface area contributed by atoms with Crippen LogP contribution in [0.15, 0.2) is 23.0 Å². The Bertz CT molecular complexity index is 1450. The Morgan fingerprint density at radius 1 is 1.02 bits per heavy atom. The van der Waals surface area contributed by atoms with E-state index in [1.165, 1.54) is 0 Å². The second-order valence-corrected chi connectivity index (χ2v) is 14.3. The number of methoxy groups -OCH3 is 1. The largest absolute Gasteiger partial charge is 0.467 e. The monoisotopic (exact) mass is 682 g/mol. The van der Waals surface area contributed by atoms with Crippen molar-refractivity contribution >= 4 is 23.7 Å². The molecular formula is C32H42O16. The molecule has 3 aliphatic carbocycles. The number of ketones is 1. The summed E-state index contributed by atoms with van der Waals surface area (Å²) in [6, 6.07) is 0. The fourth-order valence-corrected chi connectivity index (χ4v) is 9.68.